The Morgan fingerprint density at radius 3 is 3.00 bits per heavy atom. The van der Waals surface area contributed by atoms with Crippen LogP contribution in [0.25, 0.3) is 0 Å². The van der Waals surface area contributed by atoms with E-state index in [1.807, 2.05) is 24.4 Å². The van der Waals surface area contributed by atoms with Crippen LogP contribution in [0.1, 0.15) is 32.6 Å². The van der Waals surface area contributed by atoms with E-state index in [0.717, 1.165) is 5.03 Å². The average molecular weight is 194 g/mol. The van der Waals surface area contributed by atoms with E-state index in [2.05, 4.69) is 17.7 Å². The maximum Gasteiger partial charge on any atom is 0.0962 e. The van der Waals surface area contributed by atoms with Gasteiger partial charge in [-0.3, -0.25) is 0 Å². The molecule has 1 nitrogen and oxygen atoms in total. The molecule has 1 aromatic rings. The lowest BCUT2D eigenvalue weighted by Gasteiger charge is -1.98. The van der Waals surface area contributed by atoms with Crippen molar-refractivity contribution in [3.63, 3.8) is 0 Å². The van der Waals surface area contributed by atoms with Crippen LogP contribution in [0.3, 0.4) is 0 Å². The van der Waals surface area contributed by atoms with Gasteiger partial charge in [-0.1, -0.05) is 32.3 Å². The molecule has 0 bridgehead atoms. The molecule has 2 heteroatoms. The van der Waals surface area contributed by atoms with Crippen LogP contribution in [0.5, 0.6) is 0 Å². The Kier molecular flexibility index (Phi) is 5.66. The fourth-order valence-corrected chi connectivity index (χ4v) is 1.77. The van der Waals surface area contributed by atoms with E-state index in [4.69, 9.17) is 0 Å². The summed E-state index contributed by atoms with van der Waals surface area (Å²) < 4.78 is 0. The molecule has 0 N–H and O–H groups in total. The molecule has 1 radical (unpaired) electrons. The molecule has 0 aliphatic carbocycles. The largest absolute Gasteiger partial charge is 0.250 e. The van der Waals surface area contributed by atoms with E-state index in [1.165, 1.54) is 25.7 Å². The maximum atomic E-state index is 4.23. The third-order valence-electron chi connectivity index (χ3n) is 1.77. The normalized spacial score (nSPS) is 10.2. The van der Waals surface area contributed by atoms with Crippen LogP contribution < -0.4 is 0 Å². The Labute approximate surface area is 85.0 Å². The fraction of sp³-hybridized carbons (Fsp3) is 0.455. The van der Waals surface area contributed by atoms with Gasteiger partial charge in [0.1, 0.15) is 0 Å². The smallest absolute Gasteiger partial charge is 0.0962 e. The minimum Gasteiger partial charge on any atom is -0.250 e. The topological polar surface area (TPSA) is 12.9 Å². The number of unbranched alkanes of at least 4 members (excludes halogenated alkanes) is 3. The Morgan fingerprint density at radius 1 is 1.38 bits per heavy atom. The predicted molar refractivity (Wildman–Crippen MR) is 58.5 cm³/mol. The Morgan fingerprint density at radius 2 is 2.31 bits per heavy atom. The molecular weight excluding hydrogens is 178 g/mol. The van der Waals surface area contributed by atoms with Crippen LogP contribution >= 0.6 is 11.8 Å². The summed E-state index contributed by atoms with van der Waals surface area (Å²) >= 11 is 1.73. The van der Waals surface area contributed by atoms with Gasteiger partial charge in [-0.2, -0.15) is 0 Å². The first-order valence-corrected chi connectivity index (χ1v) is 5.71. The van der Waals surface area contributed by atoms with Crippen molar-refractivity contribution in [1.82, 2.24) is 4.98 Å². The van der Waals surface area contributed by atoms with E-state index in [9.17, 15) is 0 Å². The second-order valence-corrected chi connectivity index (χ2v) is 3.94. The van der Waals surface area contributed by atoms with Crippen molar-refractivity contribution in [3.05, 3.63) is 30.1 Å². The molecule has 0 aliphatic rings. The van der Waals surface area contributed by atoms with Crippen LogP contribution in [0.15, 0.2) is 29.4 Å². The molecule has 0 amide bonds. The van der Waals surface area contributed by atoms with Crippen molar-refractivity contribution in [1.29, 1.82) is 0 Å². The number of hydrogen-bond acceptors (Lipinski definition) is 2. The Bertz CT molecular complexity index is 211. The van der Waals surface area contributed by atoms with E-state index >= 15 is 0 Å². The number of aromatic nitrogens is 1. The van der Waals surface area contributed by atoms with Crippen LogP contribution in [0.2, 0.25) is 0 Å². The molecule has 0 spiro atoms. The summed E-state index contributed by atoms with van der Waals surface area (Å²) in [5.74, 6) is 2.25. The minimum absolute atomic E-state index is 1.10. The van der Waals surface area contributed by atoms with Crippen molar-refractivity contribution in [2.24, 2.45) is 0 Å². The van der Waals surface area contributed by atoms with E-state index in [-0.39, 0.29) is 0 Å². The van der Waals surface area contributed by atoms with Gasteiger partial charge in [0, 0.05) is 11.9 Å². The summed E-state index contributed by atoms with van der Waals surface area (Å²) in [6.07, 6.45) is 6.95. The number of nitrogens with zero attached hydrogens (tertiary/aromatic N) is 1. The zero-order valence-corrected chi connectivity index (χ0v) is 8.89. The van der Waals surface area contributed by atoms with Gasteiger partial charge in [-0.15, -0.1) is 11.8 Å². The molecule has 13 heavy (non-hydrogen) atoms. The SMILES string of the molecule is CCCCC[CH]Sc1ccccn1. The third kappa shape index (κ3) is 4.94. The predicted octanol–water partition coefficient (Wildman–Crippen LogP) is 3.92. The molecule has 0 atom stereocenters. The van der Waals surface area contributed by atoms with Crippen molar-refractivity contribution < 1.29 is 0 Å². The van der Waals surface area contributed by atoms with Crippen LogP contribution in [0.4, 0.5) is 0 Å². The lowest BCUT2D eigenvalue weighted by molar-refractivity contribution is 0.724. The summed E-state index contributed by atoms with van der Waals surface area (Å²) in [5, 5.41) is 1.10. The minimum atomic E-state index is 1.10. The standard InChI is InChI=1S/C11H16NS/c1-2-3-4-7-10-13-11-8-5-6-9-12-11/h5-6,8-10H,2-4,7H2,1H3. The lowest BCUT2D eigenvalue weighted by Crippen LogP contribution is -1.78. The lowest BCUT2D eigenvalue weighted by atomic mass is 10.2. The quantitative estimate of drug-likeness (QED) is 0.503. The first kappa shape index (κ1) is 10.6. The zero-order valence-electron chi connectivity index (χ0n) is 8.07. The second kappa shape index (κ2) is 6.96. The number of pyridine rings is 1. The van der Waals surface area contributed by atoms with Gasteiger partial charge in [0.05, 0.1) is 5.03 Å². The number of rotatable bonds is 6. The second-order valence-electron chi connectivity index (χ2n) is 2.95. The molecule has 0 saturated heterocycles. The first-order chi connectivity index (χ1) is 6.43. The van der Waals surface area contributed by atoms with Crippen LogP contribution in [-0.2, 0) is 0 Å². The maximum absolute atomic E-state index is 4.23. The highest BCUT2D eigenvalue weighted by Gasteiger charge is 1.93. The van der Waals surface area contributed by atoms with E-state index in [0.29, 0.717) is 0 Å². The highest BCUT2D eigenvalue weighted by Crippen LogP contribution is 2.20. The number of thioether (sulfide) groups is 1. The molecule has 1 heterocycles. The molecule has 1 rings (SSSR count). The van der Waals surface area contributed by atoms with Gasteiger partial charge in [-0.05, 0) is 18.6 Å². The summed E-state index contributed by atoms with van der Waals surface area (Å²) in [4.78, 5) is 4.23. The van der Waals surface area contributed by atoms with Crippen molar-refractivity contribution >= 4 is 11.8 Å². The molecule has 0 unspecified atom stereocenters. The monoisotopic (exact) mass is 194 g/mol. The summed E-state index contributed by atoms with van der Waals surface area (Å²) in [6, 6.07) is 6.01. The van der Waals surface area contributed by atoms with E-state index < -0.39 is 0 Å². The highest BCUT2D eigenvalue weighted by molar-refractivity contribution is 8.01. The van der Waals surface area contributed by atoms with Gasteiger partial charge in [0.25, 0.3) is 0 Å². The zero-order chi connectivity index (χ0) is 9.36. The van der Waals surface area contributed by atoms with E-state index in [1.54, 1.807) is 11.8 Å². The van der Waals surface area contributed by atoms with Crippen molar-refractivity contribution in [3.8, 4) is 0 Å². The highest BCUT2D eigenvalue weighted by atomic mass is 32.2. The summed E-state index contributed by atoms with van der Waals surface area (Å²) in [5.41, 5.74) is 0. The average Bonchev–Trinajstić information content (AvgIpc) is 2.19. The summed E-state index contributed by atoms with van der Waals surface area (Å²) in [6.45, 7) is 2.23. The molecule has 1 aromatic heterocycles. The number of hydrogen-bond donors (Lipinski definition) is 0. The molecule has 0 fully saturated rings. The van der Waals surface area contributed by atoms with Crippen LogP contribution in [-0.4, -0.2) is 4.98 Å². The van der Waals surface area contributed by atoms with Gasteiger partial charge in [0.15, 0.2) is 0 Å². The van der Waals surface area contributed by atoms with Crippen LogP contribution in [0, 0.1) is 5.75 Å². The Hall–Kier alpha value is -0.500. The van der Waals surface area contributed by atoms with Crippen molar-refractivity contribution in [2.75, 3.05) is 0 Å². The molecule has 0 aromatic carbocycles. The van der Waals surface area contributed by atoms with Gasteiger partial charge >= 0.3 is 0 Å². The molecule has 0 aliphatic heterocycles. The van der Waals surface area contributed by atoms with Gasteiger partial charge in [-0.25, -0.2) is 4.98 Å². The molecule has 71 valence electrons. The fourth-order valence-electron chi connectivity index (χ4n) is 1.04. The molecule has 0 saturated carbocycles. The Balaban J connectivity index is 2.07. The first-order valence-electron chi connectivity index (χ1n) is 4.83. The molecular formula is C11H16NS. The van der Waals surface area contributed by atoms with Gasteiger partial charge < -0.3 is 0 Å². The summed E-state index contributed by atoms with van der Waals surface area (Å²) in [7, 11) is 0. The van der Waals surface area contributed by atoms with Crippen molar-refractivity contribution in [2.45, 2.75) is 37.6 Å². The van der Waals surface area contributed by atoms with Gasteiger partial charge in [0.2, 0.25) is 0 Å². The third-order valence-corrected chi connectivity index (χ3v) is 2.65.